The molecular weight excluding hydrogens is 300 g/mol. The molecule has 8 heteroatoms. The van der Waals surface area contributed by atoms with Gasteiger partial charge < -0.3 is 0 Å². The van der Waals surface area contributed by atoms with Crippen molar-refractivity contribution in [3.05, 3.63) is 55.8 Å². The van der Waals surface area contributed by atoms with E-state index in [1.165, 1.54) is 12.1 Å². The van der Waals surface area contributed by atoms with E-state index in [2.05, 4.69) is 16.3 Å². The molecule has 0 saturated heterocycles. The number of hydrogen-bond acceptors (Lipinski definition) is 6. The number of allylic oxidation sites excluding steroid dienone is 1. The van der Waals surface area contributed by atoms with E-state index in [0.717, 1.165) is 11.6 Å². The first-order chi connectivity index (χ1) is 10.6. The first kappa shape index (κ1) is 18.1. The maximum absolute atomic E-state index is 11.0. The molecule has 0 bridgehead atoms. The third-order valence-electron chi connectivity index (χ3n) is 2.70. The van der Waals surface area contributed by atoms with Gasteiger partial charge in [-0.2, -0.15) is 5.10 Å². The molecule has 0 saturated carbocycles. The summed E-state index contributed by atoms with van der Waals surface area (Å²) in [5, 5.41) is 25.7. The Kier molecular flexibility index (Phi) is 5.75. The summed E-state index contributed by atoms with van der Waals surface area (Å²) in [6.07, 6.45) is 3.41. The topological polar surface area (TPSA) is 111 Å². The molecule has 0 aliphatic carbocycles. The number of nitro groups is 2. The average molecular weight is 318 g/mol. The van der Waals surface area contributed by atoms with Crippen molar-refractivity contribution >= 4 is 23.3 Å². The van der Waals surface area contributed by atoms with Crippen LogP contribution in [0.3, 0.4) is 0 Å². The lowest BCUT2D eigenvalue weighted by atomic mass is 9.95. The lowest BCUT2D eigenvalue weighted by molar-refractivity contribution is -0.393. The fraction of sp³-hybridized carbons (Fsp3) is 0.333. The summed E-state index contributed by atoms with van der Waals surface area (Å²) in [6.45, 7) is 7.64. The third kappa shape index (κ3) is 5.72. The normalized spacial score (nSPS) is 11.0. The molecule has 0 aliphatic heterocycles. The highest BCUT2D eigenvalue weighted by Gasteiger charge is 2.19. The van der Waals surface area contributed by atoms with Gasteiger partial charge in [0.1, 0.15) is 5.69 Å². The molecule has 0 amide bonds. The molecule has 1 aromatic rings. The van der Waals surface area contributed by atoms with E-state index >= 15 is 0 Å². The van der Waals surface area contributed by atoms with Crippen molar-refractivity contribution in [2.24, 2.45) is 10.5 Å². The molecular formula is C15H18N4O4. The van der Waals surface area contributed by atoms with Crippen LogP contribution in [0.1, 0.15) is 27.7 Å². The van der Waals surface area contributed by atoms with Gasteiger partial charge >= 0.3 is 5.69 Å². The van der Waals surface area contributed by atoms with E-state index in [1.807, 2.05) is 33.8 Å². The average Bonchev–Trinajstić information content (AvgIpc) is 2.45. The number of hydrogen-bond donors (Lipinski definition) is 1. The molecule has 0 spiro atoms. The molecule has 0 aromatic heterocycles. The highest BCUT2D eigenvalue weighted by atomic mass is 16.6. The summed E-state index contributed by atoms with van der Waals surface area (Å²) >= 11 is 0. The van der Waals surface area contributed by atoms with Crippen LogP contribution in [0.25, 0.3) is 0 Å². The molecule has 0 unspecified atom stereocenters. The number of anilines is 1. The van der Waals surface area contributed by atoms with Gasteiger partial charge in [-0.15, -0.1) is 5.73 Å². The van der Waals surface area contributed by atoms with Crippen molar-refractivity contribution in [2.45, 2.75) is 27.7 Å². The Morgan fingerprint density at radius 3 is 2.43 bits per heavy atom. The van der Waals surface area contributed by atoms with E-state index in [1.54, 1.807) is 6.21 Å². The monoisotopic (exact) mass is 318 g/mol. The number of nitrogens with zero attached hydrogens (tertiary/aromatic N) is 3. The van der Waals surface area contributed by atoms with E-state index in [0.29, 0.717) is 0 Å². The highest BCUT2D eigenvalue weighted by molar-refractivity contribution is 5.71. The van der Waals surface area contributed by atoms with Crippen LogP contribution in [-0.4, -0.2) is 16.1 Å². The number of non-ortho nitro benzene ring substituents is 1. The Morgan fingerprint density at radius 1 is 1.26 bits per heavy atom. The summed E-state index contributed by atoms with van der Waals surface area (Å²) in [7, 11) is 0. The summed E-state index contributed by atoms with van der Waals surface area (Å²) in [6, 6.07) is 3.33. The van der Waals surface area contributed by atoms with Gasteiger partial charge in [0.15, 0.2) is 0 Å². The minimum absolute atomic E-state index is 0.0823. The zero-order chi connectivity index (χ0) is 17.6. The van der Waals surface area contributed by atoms with Crippen molar-refractivity contribution in [2.75, 3.05) is 5.43 Å². The van der Waals surface area contributed by atoms with Crippen LogP contribution in [0.4, 0.5) is 17.1 Å². The fourth-order valence-electron chi connectivity index (χ4n) is 1.51. The molecule has 0 radical (unpaired) electrons. The summed E-state index contributed by atoms with van der Waals surface area (Å²) < 4.78 is 0. The molecule has 1 rings (SSSR count). The Bertz CT molecular complexity index is 712. The number of hydrazone groups is 1. The predicted molar refractivity (Wildman–Crippen MR) is 88.6 cm³/mol. The second-order valence-corrected chi connectivity index (χ2v) is 5.70. The van der Waals surface area contributed by atoms with Crippen molar-refractivity contribution in [3.63, 3.8) is 0 Å². The van der Waals surface area contributed by atoms with Crippen LogP contribution in [0.2, 0.25) is 0 Å². The van der Waals surface area contributed by atoms with Gasteiger partial charge in [0.2, 0.25) is 0 Å². The van der Waals surface area contributed by atoms with Gasteiger partial charge in [-0.25, -0.2) is 0 Å². The first-order valence-electron chi connectivity index (χ1n) is 6.76. The number of benzene rings is 1. The Morgan fingerprint density at radius 2 is 1.91 bits per heavy atom. The second kappa shape index (κ2) is 7.33. The molecule has 0 heterocycles. The number of nitro benzene ring substituents is 2. The van der Waals surface area contributed by atoms with Crippen LogP contribution in [0, 0.1) is 25.6 Å². The molecule has 122 valence electrons. The largest absolute Gasteiger partial charge is 0.301 e. The van der Waals surface area contributed by atoms with E-state index in [-0.39, 0.29) is 11.4 Å². The van der Waals surface area contributed by atoms with Gasteiger partial charge in [-0.05, 0) is 31.6 Å². The van der Waals surface area contributed by atoms with Crippen LogP contribution in [0.5, 0.6) is 0 Å². The molecule has 0 aliphatic rings. The standard InChI is InChI=1S/C15H18N4O4/c1-11(2)7-8-15(3,4)10-16-17-13-6-5-12(18(20)21)9-14(13)19(22)23/h5-6,8-10,17H,1-4H3. The second-order valence-electron chi connectivity index (χ2n) is 5.70. The molecule has 0 atom stereocenters. The van der Waals surface area contributed by atoms with Gasteiger partial charge in [-0.1, -0.05) is 13.8 Å². The van der Waals surface area contributed by atoms with Crippen molar-refractivity contribution in [3.8, 4) is 0 Å². The van der Waals surface area contributed by atoms with E-state index in [4.69, 9.17) is 0 Å². The molecule has 1 aromatic carbocycles. The third-order valence-corrected chi connectivity index (χ3v) is 2.70. The van der Waals surface area contributed by atoms with E-state index in [9.17, 15) is 20.2 Å². The number of rotatable bonds is 6. The Hall–Kier alpha value is -2.99. The van der Waals surface area contributed by atoms with Gasteiger partial charge in [-0.3, -0.25) is 25.7 Å². The zero-order valence-electron chi connectivity index (χ0n) is 13.4. The predicted octanol–water partition coefficient (Wildman–Crippen LogP) is 4.05. The van der Waals surface area contributed by atoms with Crippen LogP contribution < -0.4 is 5.43 Å². The van der Waals surface area contributed by atoms with Gasteiger partial charge in [0.05, 0.1) is 15.9 Å². The SMILES string of the molecule is CC(C)=C=CC(C)(C)C=NNc1ccc([N+](=O)[O-])cc1[N+](=O)[O-]. The van der Waals surface area contributed by atoms with Gasteiger partial charge in [0.25, 0.3) is 5.69 Å². The lowest BCUT2D eigenvalue weighted by Crippen LogP contribution is -2.10. The quantitative estimate of drug-likeness (QED) is 0.368. The van der Waals surface area contributed by atoms with Crippen LogP contribution in [-0.2, 0) is 0 Å². The van der Waals surface area contributed by atoms with Crippen molar-refractivity contribution in [1.82, 2.24) is 0 Å². The molecule has 8 nitrogen and oxygen atoms in total. The van der Waals surface area contributed by atoms with E-state index < -0.39 is 20.9 Å². The molecule has 1 N–H and O–H groups in total. The smallest absolute Gasteiger partial charge is 0.272 e. The molecule has 23 heavy (non-hydrogen) atoms. The van der Waals surface area contributed by atoms with Crippen LogP contribution in [0.15, 0.2) is 40.7 Å². The number of nitrogens with one attached hydrogen (secondary N) is 1. The van der Waals surface area contributed by atoms with Gasteiger partial charge in [0, 0.05) is 17.7 Å². The van der Waals surface area contributed by atoms with Crippen LogP contribution >= 0.6 is 0 Å². The summed E-state index contributed by atoms with van der Waals surface area (Å²) in [5.74, 6) is 0. The highest BCUT2D eigenvalue weighted by Crippen LogP contribution is 2.29. The summed E-state index contributed by atoms with van der Waals surface area (Å²) in [5.41, 5.74) is 5.57. The Balaban J connectivity index is 3.02. The summed E-state index contributed by atoms with van der Waals surface area (Å²) in [4.78, 5) is 20.3. The first-order valence-corrected chi connectivity index (χ1v) is 6.76. The fourth-order valence-corrected chi connectivity index (χ4v) is 1.51. The van der Waals surface area contributed by atoms with Crippen molar-refractivity contribution in [1.29, 1.82) is 0 Å². The minimum Gasteiger partial charge on any atom is -0.272 e. The maximum Gasteiger partial charge on any atom is 0.301 e. The van der Waals surface area contributed by atoms with Crippen molar-refractivity contribution < 1.29 is 9.85 Å². The Labute approximate surface area is 133 Å². The lowest BCUT2D eigenvalue weighted by Gasteiger charge is -2.11. The minimum atomic E-state index is -0.695. The zero-order valence-corrected chi connectivity index (χ0v) is 13.4. The maximum atomic E-state index is 11.0. The molecule has 0 fully saturated rings.